The first-order valence-electron chi connectivity index (χ1n) is 9.83. The fraction of sp³-hybridized carbons (Fsp3) is 0.381. The number of piperidine rings is 1. The number of carbonyl (C=O) groups excluding carboxylic acids is 1. The number of likely N-dealkylation sites (tertiary alicyclic amines) is 1. The Labute approximate surface area is 174 Å². The van der Waals surface area contributed by atoms with Crippen molar-refractivity contribution in [3.8, 4) is 23.3 Å². The van der Waals surface area contributed by atoms with Crippen molar-refractivity contribution in [3.05, 3.63) is 30.7 Å². The fourth-order valence-corrected chi connectivity index (χ4v) is 3.99. The van der Waals surface area contributed by atoms with Gasteiger partial charge < -0.3 is 19.9 Å². The molecule has 4 heterocycles. The van der Waals surface area contributed by atoms with Gasteiger partial charge in [0.1, 0.15) is 12.1 Å². The number of aromatic nitrogens is 4. The van der Waals surface area contributed by atoms with Crippen molar-refractivity contribution in [1.82, 2.24) is 24.8 Å². The molecule has 4 rings (SSSR count). The first-order chi connectivity index (χ1) is 14.6. The zero-order chi connectivity index (χ0) is 21.1. The maximum absolute atomic E-state index is 12.3. The first kappa shape index (κ1) is 19.6. The molecule has 1 saturated heterocycles. The molecule has 2 N–H and O–H groups in total. The number of methoxy groups -OCH3 is 1. The number of nitrogens with one attached hydrogen (secondary N) is 2. The molecule has 0 aliphatic carbocycles. The van der Waals surface area contributed by atoms with Gasteiger partial charge in [0, 0.05) is 48.7 Å². The number of nitriles is 1. The van der Waals surface area contributed by atoms with Gasteiger partial charge in [-0.15, -0.1) is 0 Å². The van der Waals surface area contributed by atoms with Gasteiger partial charge in [0.15, 0.2) is 0 Å². The van der Waals surface area contributed by atoms with Crippen LogP contribution in [0.25, 0.3) is 22.3 Å². The fourth-order valence-electron chi connectivity index (χ4n) is 3.99. The van der Waals surface area contributed by atoms with E-state index >= 15 is 0 Å². The van der Waals surface area contributed by atoms with Gasteiger partial charge in [0.2, 0.25) is 5.91 Å². The van der Waals surface area contributed by atoms with E-state index in [1.807, 2.05) is 24.4 Å². The molecule has 1 aliphatic rings. The molecule has 1 fully saturated rings. The highest BCUT2D eigenvalue weighted by Crippen LogP contribution is 2.34. The molecule has 0 saturated carbocycles. The largest absolute Gasteiger partial charge is 0.467 e. The maximum Gasteiger partial charge on any atom is 0.316 e. The summed E-state index contributed by atoms with van der Waals surface area (Å²) in [6, 6.07) is 6.07. The van der Waals surface area contributed by atoms with Crippen molar-refractivity contribution >= 4 is 22.6 Å². The number of fused-ring (bicyclic) bond motifs is 1. The Balaban J connectivity index is 1.70. The minimum atomic E-state index is -0.127. The van der Waals surface area contributed by atoms with Gasteiger partial charge in [-0.2, -0.15) is 10.2 Å². The van der Waals surface area contributed by atoms with Gasteiger partial charge in [0.05, 0.1) is 24.6 Å². The molecule has 0 bridgehead atoms. The standard InChI is InChI=1S/C21H23N7O2/c1-13-9-14(12-28(11-13)18(29)3-6-22)26-19-15-4-7-23-20(15)25-10-16(19)17-5-8-24-21(27-17)30-2/h4-5,7-8,10,13-14H,3,9,11-12H2,1-2H3,(H2,23,25,26)/t13-,14+/m0/s1. The normalized spacial score (nSPS) is 18.8. The second-order valence-corrected chi connectivity index (χ2v) is 7.53. The number of rotatable bonds is 5. The smallest absolute Gasteiger partial charge is 0.316 e. The van der Waals surface area contributed by atoms with Crippen LogP contribution in [0.2, 0.25) is 0 Å². The third-order valence-corrected chi connectivity index (χ3v) is 5.27. The second kappa shape index (κ2) is 8.37. The number of amides is 1. The van der Waals surface area contributed by atoms with Gasteiger partial charge >= 0.3 is 6.01 Å². The van der Waals surface area contributed by atoms with E-state index in [-0.39, 0.29) is 24.4 Å². The third-order valence-electron chi connectivity index (χ3n) is 5.27. The van der Waals surface area contributed by atoms with Crippen LogP contribution in [0.1, 0.15) is 19.8 Å². The van der Waals surface area contributed by atoms with Crippen LogP contribution < -0.4 is 10.1 Å². The number of H-pyrrole nitrogens is 1. The molecule has 30 heavy (non-hydrogen) atoms. The predicted octanol–water partition coefficient (Wildman–Crippen LogP) is 2.59. The minimum Gasteiger partial charge on any atom is -0.467 e. The lowest BCUT2D eigenvalue weighted by Crippen LogP contribution is -2.48. The average molecular weight is 405 g/mol. The molecule has 0 unspecified atom stereocenters. The molecule has 1 aliphatic heterocycles. The van der Waals surface area contributed by atoms with E-state index in [0.29, 0.717) is 24.7 Å². The van der Waals surface area contributed by atoms with Crippen molar-refractivity contribution in [2.24, 2.45) is 5.92 Å². The van der Waals surface area contributed by atoms with Crippen LogP contribution in [-0.2, 0) is 4.79 Å². The Hall–Kier alpha value is -3.67. The number of ether oxygens (including phenoxy) is 1. The number of pyridine rings is 1. The second-order valence-electron chi connectivity index (χ2n) is 7.53. The van der Waals surface area contributed by atoms with Gasteiger partial charge in [-0.3, -0.25) is 4.79 Å². The van der Waals surface area contributed by atoms with Crippen molar-refractivity contribution in [2.75, 3.05) is 25.5 Å². The van der Waals surface area contributed by atoms with Crippen LogP contribution in [0.5, 0.6) is 6.01 Å². The van der Waals surface area contributed by atoms with E-state index in [0.717, 1.165) is 28.7 Å². The predicted molar refractivity (Wildman–Crippen MR) is 112 cm³/mol. The molecule has 3 aromatic heterocycles. The molecule has 0 spiro atoms. The van der Waals surface area contributed by atoms with Crippen LogP contribution in [-0.4, -0.2) is 57.0 Å². The van der Waals surface area contributed by atoms with E-state index < -0.39 is 0 Å². The molecule has 0 radical (unpaired) electrons. The van der Waals surface area contributed by atoms with E-state index in [9.17, 15) is 4.79 Å². The van der Waals surface area contributed by atoms with Gasteiger partial charge in [-0.1, -0.05) is 6.92 Å². The van der Waals surface area contributed by atoms with Crippen LogP contribution in [0.3, 0.4) is 0 Å². The lowest BCUT2D eigenvalue weighted by molar-refractivity contribution is -0.132. The Bertz CT molecular complexity index is 1100. The van der Waals surface area contributed by atoms with E-state index in [1.165, 1.54) is 7.11 Å². The molecule has 1 amide bonds. The minimum absolute atomic E-state index is 0.0411. The summed E-state index contributed by atoms with van der Waals surface area (Å²) in [6.45, 7) is 3.34. The van der Waals surface area contributed by atoms with Crippen molar-refractivity contribution in [1.29, 1.82) is 5.26 Å². The van der Waals surface area contributed by atoms with Gasteiger partial charge in [-0.05, 0) is 24.5 Å². The summed E-state index contributed by atoms with van der Waals surface area (Å²) in [5.41, 5.74) is 3.19. The maximum atomic E-state index is 12.3. The zero-order valence-corrected chi connectivity index (χ0v) is 16.9. The van der Waals surface area contributed by atoms with Gasteiger partial charge in [0.25, 0.3) is 0 Å². The van der Waals surface area contributed by atoms with Crippen LogP contribution in [0.15, 0.2) is 30.7 Å². The Kier molecular flexibility index (Phi) is 5.48. The van der Waals surface area contributed by atoms with E-state index in [2.05, 4.69) is 32.2 Å². The quantitative estimate of drug-likeness (QED) is 0.669. The molecule has 3 aromatic rings. The first-order valence-corrected chi connectivity index (χ1v) is 9.83. The van der Waals surface area contributed by atoms with Gasteiger partial charge in [-0.25, -0.2) is 9.97 Å². The van der Waals surface area contributed by atoms with Crippen LogP contribution >= 0.6 is 0 Å². The van der Waals surface area contributed by atoms with Crippen molar-refractivity contribution < 1.29 is 9.53 Å². The highest BCUT2D eigenvalue weighted by molar-refractivity contribution is 5.97. The Morgan fingerprint density at radius 1 is 1.40 bits per heavy atom. The van der Waals surface area contributed by atoms with Crippen molar-refractivity contribution in [3.63, 3.8) is 0 Å². The number of hydrogen-bond donors (Lipinski definition) is 2. The Morgan fingerprint density at radius 2 is 2.27 bits per heavy atom. The summed E-state index contributed by atoms with van der Waals surface area (Å²) in [7, 11) is 1.53. The van der Waals surface area contributed by atoms with Crippen molar-refractivity contribution in [2.45, 2.75) is 25.8 Å². The number of hydrogen-bond acceptors (Lipinski definition) is 7. The van der Waals surface area contributed by atoms with E-state index in [1.54, 1.807) is 17.3 Å². The third kappa shape index (κ3) is 3.89. The zero-order valence-electron chi connectivity index (χ0n) is 16.9. The number of anilines is 1. The highest BCUT2D eigenvalue weighted by Gasteiger charge is 2.28. The van der Waals surface area contributed by atoms with E-state index in [4.69, 9.17) is 10.00 Å². The topological polar surface area (TPSA) is 120 Å². The summed E-state index contributed by atoms with van der Waals surface area (Å²) in [5, 5.41) is 13.5. The molecule has 2 atom stereocenters. The molecular weight excluding hydrogens is 382 g/mol. The molecule has 0 aromatic carbocycles. The Morgan fingerprint density at radius 3 is 3.07 bits per heavy atom. The lowest BCUT2D eigenvalue weighted by atomic mass is 9.95. The monoisotopic (exact) mass is 405 g/mol. The highest BCUT2D eigenvalue weighted by atomic mass is 16.5. The van der Waals surface area contributed by atoms with Crippen LogP contribution in [0, 0.1) is 17.2 Å². The summed E-state index contributed by atoms with van der Waals surface area (Å²) < 4.78 is 5.18. The number of aromatic amines is 1. The molecule has 9 nitrogen and oxygen atoms in total. The molecule has 154 valence electrons. The molecular formula is C21H23N7O2. The summed E-state index contributed by atoms with van der Waals surface area (Å²) >= 11 is 0. The average Bonchev–Trinajstić information content (AvgIpc) is 3.23. The summed E-state index contributed by atoms with van der Waals surface area (Å²) in [5.74, 6) is 0.197. The summed E-state index contributed by atoms with van der Waals surface area (Å²) in [6.07, 6.45) is 6.09. The summed E-state index contributed by atoms with van der Waals surface area (Å²) in [4.78, 5) is 30.3. The van der Waals surface area contributed by atoms with Crippen LogP contribution in [0.4, 0.5) is 5.69 Å². The molecule has 9 heteroatoms. The lowest BCUT2D eigenvalue weighted by Gasteiger charge is -2.37. The SMILES string of the molecule is COc1nccc(-c2cnc3[nH]ccc3c2N[C@@H]2C[C@H](C)CN(C(=O)CC#N)C2)n1. The number of nitrogens with zero attached hydrogens (tertiary/aromatic N) is 5. The number of carbonyl (C=O) groups is 1.